The van der Waals surface area contributed by atoms with E-state index in [0.717, 1.165) is 0 Å². The van der Waals surface area contributed by atoms with Crippen molar-refractivity contribution >= 4 is 49.7 Å². The van der Waals surface area contributed by atoms with Crippen molar-refractivity contribution in [2.45, 2.75) is 6.04 Å². The van der Waals surface area contributed by atoms with Gasteiger partial charge in [-0.3, -0.25) is 38.8 Å². The maximum atomic E-state index is 11.2. The van der Waals surface area contributed by atoms with Gasteiger partial charge in [-0.2, -0.15) is 0 Å². The third-order valence-electron chi connectivity index (χ3n) is 4.78. The molecule has 172 valence electrons. The third kappa shape index (κ3) is 13.5. The van der Waals surface area contributed by atoms with Gasteiger partial charge < -0.3 is 26.2 Å². The first kappa shape index (κ1) is 29.6. The van der Waals surface area contributed by atoms with E-state index < -0.39 is 29.9 Å². The normalized spacial score (nSPS) is 19.4. The SMILES string of the molecule is N[C@H](CN1CCN(CC(=O)O)CCN(CC(=O)O)CCN(CC(=O)O)CC1)C(=O)O.[111In+3]. The van der Waals surface area contributed by atoms with Crippen molar-refractivity contribution in [2.24, 2.45) is 5.73 Å². The first-order chi connectivity index (χ1) is 14.1. The van der Waals surface area contributed by atoms with E-state index in [9.17, 15) is 19.2 Å². The smallest absolute Gasteiger partial charge is 0.480 e. The molecule has 0 aromatic carbocycles. The molecule has 0 radical (unpaired) electrons. The summed E-state index contributed by atoms with van der Waals surface area (Å²) in [6.45, 7) is 1.87. The van der Waals surface area contributed by atoms with Crippen LogP contribution in [0, 0.1) is 0 Å². The predicted molar refractivity (Wildman–Crippen MR) is 110 cm³/mol. The Bertz CT molecular complexity index is 579. The number of nitrogens with two attached hydrogens (primary N) is 1. The minimum atomic E-state index is -1.16. The van der Waals surface area contributed by atoms with Crippen LogP contribution in [-0.2, 0) is 19.2 Å². The molecule has 31 heavy (non-hydrogen) atoms. The molecule has 0 aliphatic carbocycles. The summed E-state index contributed by atoms with van der Waals surface area (Å²) in [5, 5.41) is 36.5. The molecule has 0 saturated carbocycles. The third-order valence-corrected chi connectivity index (χ3v) is 4.78. The quantitative estimate of drug-likeness (QED) is 0.193. The van der Waals surface area contributed by atoms with Crippen LogP contribution in [-0.4, -0.2) is 174 Å². The minimum Gasteiger partial charge on any atom is -0.480 e. The number of nitrogens with zero attached hydrogens (tertiary/aromatic N) is 4. The van der Waals surface area contributed by atoms with E-state index in [1.165, 1.54) is 0 Å². The molecule has 14 heteroatoms. The Morgan fingerprint density at radius 3 is 1.10 bits per heavy atom. The second kappa shape index (κ2) is 15.4. The van der Waals surface area contributed by atoms with Crippen molar-refractivity contribution in [2.75, 3.05) is 78.5 Å². The summed E-state index contributed by atoms with van der Waals surface area (Å²) >= 11 is 0. The van der Waals surface area contributed by atoms with Gasteiger partial charge in [-0.05, 0) is 0 Å². The molecule has 0 amide bonds. The Morgan fingerprint density at radius 2 is 0.871 bits per heavy atom. The fourth-order valence-corrected chi connectivity index (χ4v) is 3.17. The van der Waals surface area contributed by atoms with E-state index in [-0.39, 0.29) is 52.0 Å². The Morgan fingerprint density at radius 1 is 0.613 bits per heavy atom. The van der Waals surface area contributed by atoms with E-state index in [4.69, 9.17) is 26.2 Å². The van der Waals surface area contributed by atoms with Crippen molar-refractivity contribution in [1.29, 1.82) is 0 Å². The van der Waals surface area contributed by atoms with Gasteiger partial charge in [0.15, 0.2) is 0 Å². The molecular weight excluding hydrogens is 513 g/mol. The van der Waals surface area contributed by atoms with Crippen molar-refractivity contribution in [3.8, 4) is 0 Å². The fourth-order valence-electron chi connectivity index (χ4n) is 3.17. The summed E-state index contributed by atoms with van der Waals surface area (Å²) in [5.41, 5.74) is 5.64. The van der Waals surface area contributed by atoms with Crippen LogP contribution < -0.4 is 5.73 Å². The van der Waals surface area contributed by atoms with Gasteiger partial charge in [0.05, 0.1) is 19.6 Å². The number of hydrogen-bond acceptors (Lipinski definition) is 9. The van der Waals surface area contributed by atoms with Crippen molar-refractivity contribution in [1.82, 2.24) is 19.6 Å². The van der Waals surface area contributed by atoms with Crippen molar-refractivity contribution in [3.05, 3.63) is 0 Å². The molecule has 1 saturated heterocycles. The van der Waals surface area contributed by atoms with E-state index in [2.05, 4.69) is 0 Å². The average molecular weight is 544 g/mol. The Balaban J connectivity index is 0.00000900. The zero-order chi connectivity index (χ0) is 22.7. The van der Waals surface area contributed by atoms with E-state index >= 15 is 0 Å². The van der Waals surface area contributed by atoms with Gasteiger partial charge in [-0.25, -0.2) is 0 Å². The molecule has 0 aromatic rings. The van der Waals surface area contributed by atoms with E-state index in [1.54, 1.807) is 19.6 Å². The van der Waals surface area contributed by atoms with Crippen LogP contribution in [0.2, 0.25) is 0 Å². The van der Waals surface area contributed by atoms with Crippen LogP contribution in [0.25, 0.3) is 0 Å². The van der Waals surface area contributed by atoms with Gasteiger partial charge >= 0.3 is 49.7 Å². The topological polar surface area (TPSA) is 188 Å². The van der Waals surface area contributed by atoms with Crippen LogP contribution in [0.15, 0.2) is 0 Å². The average Bonchev–Trinajstić information content (AvgIpc) is 2.62. The molecule has 0 spiro atoms. The Kier molecular flexibility index (Phi) is 14.6. The molecule has 1 atom stereocenters. The largest absolute Gasteiger partial charge is 3.00 e. The second-order valence-corrected chi connectivity index (χ2v) is 7.25. The maximum absolute atomic E-state index is 11.2. The maximum Gasteiger partial charge on any atom is 3.00 e. The van der Waals surface area contributed by atoms with E-state index in [0.29, 0.717) is 52.4 Å². The predicted octanol–water partition coefficient (Wildman–Crippen LogP) is -3.51. The summed E-state index contributed by atoms with van der Waals surface area (Å²) in [6.07, 6.45) is 0. The van der Waals surface area contributed by atoms with Gasteiger partial charge in [-0.15, -0.1) is 0 Å². The number of carbonyl (C=O) groups is 4. The van der Waals surface area contributed by atoms with Gasteiger partial charge in [0.2, 0.25) is 0 Å². The van der Waals surface area contributed by atoms with Crippen LogP contribution >= 0.6 is 0 Å². The van der Waals surface area contributed by atoms with Crippen LogP contribution in [0.1, 0.15) is 0 Å². The van der Waals surface area contributed by atoms with Crippen molar-refractivity contribution in [3.63, 3.8) is 0 Å². The zero-order valence-electron chi connectivity index (χ0n) is 17.4. The number of carboxylic acid groups (broad SMARTS) is 4. The molecule has 1 aliphatic heterocycles. The molecule has 1 fully saturated rings. The van der Waals surface area contributed by atoms with Crippen LogP contribution in [0.3, 0.4) is 0 Å². The van der Waals surface area contributed by atoms with Crippen LogP contribution in [0.5, 0.6) is 0 Å². The Labute approximate surface area is 199 Å². The molecule has 0 aromatic heterocycles. The Hall–Kier alpha value is -1.45. The van der Waals surface area contributed by atoms with Gasteiger partial charge in [0.25, 0.3) is 0 Å². The van der Waals surface area contributed by atoms with Crippen molar-refractivity contribution < 1.29 is 39.6 Å². The molecule has 1 heterocycles. The molecule has 0 unspecified atom stereocenters. The summed E-state index contributed by atoms with van der Waals surface area (Å²) < 4.78 is 0. The number of rotatable bonds is 9. The summed E-state index contributed by atoms with van der Waals surface area (Å²) in [6, 6.07) is -1.12. The first-order valence-electron chi connectivity index (χ1n) is 9.60. The molecule has 0 bridgehead atoms. The first-order valence-corrected chi connectivity index (χ1v) is 9.60. The summed E-state index contributed by atoms with van der Waals surface area (Å²) in [5.74, 6) is -4.22. The van der Waals surface area contributed by atoms with Crippen LogP contribution in [0.4, 0.5) is 0 Å². The molecule has 1 rings (SSSR count). The number of hydrogen-bond donors (Lipinski definition) is 5. The summed E-state index contributed by atoms with van der Waals surface area (Å²) in [4.78, 5) is 51.3. The second-order valence-electron chi connectivity index (χ2n) is 7.25. The standard InChI is InChI=1S/C17H31N5O8.In/c18-13(17(29)30)9-19-1-3-20(10-14(23)24)5-7-22(12-16(27)28)8-6-21(4-2-19)11-15(25)26;/h13H,1-12,18H2,(H,23,24)(H,25,26)(H,27,28)(H,29,30);/q;+3/t13-;/m1./s1/i;1-4. The molecule has 6 N–H and O–H groups in total. The van der Waals surface area contributed by atoms with E-state index in [1.807, 2.05) is 0 Å². The molecule has 1 aliphatic rings. The monoisotopic (exact) mass is 544 g/mol. The zero-order valence-corrected chi connectivity index (χ0v) is 20.7. The van der Waals surface area contributed by atoms with Gasteiger partial charge in [0, 0.05) is 58.9 Å². The number of carboxylic acids is 4. The molecular formula is C17H31InN5O8+3. The van der Waals surface area contributed by atoms with Gasteiger partial charge in [-0.1, -0.05) is 0 Å². The number of aliphatic carboxylic acids is 4. The summed E-state index contributed by atoms with van der Waals surface area (Å²) in [7, 11) is 0. The minimum absolute atomic E-state index is 0. The fraction of sp³-hybridized carbons (Fsp3) is 0.765. The van der Waals surface area contributed by atoms with Gasteiger partial charge in [0.1, 0.15) is 6.04 Å². The molecule has 13 nitrogen and oxygen atoms in total.